The number of carbonyl (C=O) groups is 1. The van der Waals surface area contributed by atoms with E-state index in [2.05, 4.69) is 5.32 Å². The molecule has 0 aromatic carbocycles. The van der Waals surface area contributed by atoms with Crippen LogP contribution in [0.1, 0.15) is 26.7 Å². The Kier molecular flexibility index (Phi) is 8.11. The van der Waals surface area contributed by atoms with Gasteiger partial charge in [0.05, 0.1) is 0 Å². The molecule has 16 heavy (non-hydrogen) atoms. The van der Waals surface area contributed by atoms with Gasteiger partial charge in [-0.25, -0.2) is 4.79 Å². The van der Waals surface area contributed by atoms with E-state index >= 15 is 0 Å². The van der Waals surface area contributed by atoms with Crippen LogP contribution in [0.25, 0.3) is 0 Å². The van der Waals surface area contributed by atoms with Crippen LogP contribution < -0.4 is 5.32 Å². The summed E-state index contributed by atoms with van der Waals surface area (Å²) < 4.78 is 11.0. The zero-order chi connectivity index (χ0) is 12.6. The van der Waals surface area contributed by atoms with Crippen LogP contribution in [0, 0.1) is 0 Å². The monoisotopic (exact) mass is 247 g/mol. The van der Waals surface area contributed by atoms with Crippen LogP contribution in [0.5, 0.6) is 0 Å². The van der Waals surface area contributed by atoms with E-state index < -0.39 is 16.8 Å². The molecule has 2 N–H and O–H groups in total. The lowest BCUT2D eigenvalue weighted by molar-refractivity contribution is -0.132. The largest absolute Gasteiger partial charge is 0.478 e. The van der Waals surface area contributed by atoms with Crippen molar-refractivity contribution in [2.45, 2.75) is 31.9 Å². The Balaban J connectivity index is 3.75. The number of hydrogen-bond donors (Lipinski definition) is 2. The molecule has 0 aliphatic carbocycles. The van der Waals surface area contributed by atoms with Crippen molar-refractivity contribution in [2.24, 2.45) is 0 Å². The van der Waals surface area contributed by atoms with Gasteiger partial charge >= 0.3 is 5.97 Å². The highest BCUT2D eigenvalue weighted by atomic mass is 32.2. The van der Waals surface area contributed by atoms with Gasteiger partial charge in [-0.1, -0.05) is 19.9 Å². The van der Waals surface area contributed by atoms with E-state index in [4.69, 9.17) is 5.11 Å². The number of rotatable bonds is 8. The summed E-state index contributed by atoms with van der Waals surface area (Å²) in [6, 6.07) is 0. The van der Waals surface area contributed by atoms with Crippen LogP contribution in [0.3, 0.4) is 0 Å². The fourth-order valence-corrected chi connectivity index (χ4v) is 1.60. The lowest BCUT2D eigenvalue weighted by Crippen LogP contribution is -2.21. The minimum absolute atomic E-state index is 0.182. The van der Waals surface area contributed by atoms with Crippen molar-refractivity contribution in [1.29, 1.82) is 0 Å². The number of hydrogen-bond acceptors (Lipinski definition) is 3. The molecule has 0 rings (SSSR count). The average Bonchev–Trinajstić information content (AvgIpc) is 2.22. The molecule has 4 nitrogen and oxygen atoms in total. The Hall–Kier alpha value is -0.680. The van der Waals surface area contributed by atoms with E-state index in [1.807, 2.05) is 13.8 Å². The Morgan fingerprint density at radius 2 is 2.19 bits per heavy atom. The molecule has 0 aromatic heterocycles. The Bertz CT molecular complexity index is 276. The van der Waals surface area contributed by atoms with E-state index in [-0.39, 0.29) is 5.25 Å². The first-order chi connectivity index (χ1) is 7.49. The third-order valence-electron chi connectivity index (χ3n) is 2.44. The van der Waals surface area contributed by atoms with Gasteiger partial charge in [-0.2, -0.15) is 0 Å². The van der Waals surface area contributed by atoms with Gasteiger partial charge < -0.3 is 10.4 Å². The Morgan fingerprint density at radius 1 is 1.56 bits per heavy atom. The molecule has 5 heteroatoms. The first-order valence-corrected chi connectivity index (χ1v) is 7.06. The molecule has 0 aliphatic heterocycles. The molecule has 0 amide bonds. The Labute approximate surface area is 99.6 Å². The summed E-state index contributed by atoms with van der Waals surface area (Å²) in [5.74, 6) is -0.854. The zero-order valence-corrected chi connectivity index (χ0v) is 11.0. The van der Waals surface area contributed by atoms with Crippen LogP contribution in [0.2, 0.25) is 0 Å². The van der Waals surface area contributed by atoms with Gasteiger partial charge in [-0.15, -0.1) is 0 Å². The van der Waals surface area contributed by atoms with E-state index in [1.165, 1.54) is 0 Å². The molecule has 94 valence electrons. The topological polar surface area (TPSA) is 66.4 Å². The highest BCUT2D eigenvalue weighted by Crippen LogP contribution is 2.00. The van der Waals surface area contributed by atoms with Crippen molar-refractivity contribution >= 4 is 16.8 Å². The molecule has 0 aromatic rings. The first-order valence-electron chi connectivity index (χ1n) is 5.44. The standard InChI is InChI=1S/C11H21NO3S/c1-4-10(11(13)14)6-8-12-7-5-9(2)16(3)15/h6,9,12H,4-5,7-8H2,1-3H3,(H,13,14). The Morgan fingerprint density at radius 3 is 2.62 bits per heavy atom. The third-order valence-corrected chi connectivity index (χ3v) is 3.81. The minimum atomic E-state index is -0.854. The molecular weight excluding hydrogens is 226 g/mol. The highest BCUT2D eigenvalue weighted by molar-refractivity contribution is 7.84. The average molecular weight is 247 g/mol. The molecule has 2 atom stereocenters. The predicted octanol–water partition coefficient (Wildman–Crippen LogP) is 1.15. The second kappa shape index (κ2) is 8.47. The number of nitrogens with one attached hydrogen (secondary N) is 1. The van der Waals surface area contributed by atoms with Gasteiger partial charge in [0.2, 0.25) is 0 Å². The van der Waals surface area contributed by atoms with Crippen molar-refractivity contribution in [3.8, 4) is 0 Å². The molecule has 0 saturated carbocycles. The van der Waals surface area contributed by atoms with Gasteiger partial charge in [0.25, 0.3) is 0 Å². The van der Waals surface area contributed by atoms with E-state index in [0.717, 1.165) is 13.0 Å². The number of carboxylic acids is 1. The number of aliphatic carboxylic acids is 1. The maximum absolute atomic E-state index is 11.0. The van der Waals surface area contributed by atoms with Crippen LogP contribution in [-0.4, -0.2) is 39.9 Å². The van der Waals surface area contributed by atoms with Gasteiger partial charge in [0.1, 0.15) is 0 Å². The smallest absolute Gasteiger partial charge is 0.331 e. The SMILES string of the molecule is CCC(=CCNCCC(C)S(C)=O)C(=O)O. The highest BCUT2D eigenvalue weighted by Gasteiger charge is 2.05. The van der Waals surface area contributed by atoms with Gasteiger partial charge in [-0.05, 0) is 19.4 Å². The lowest BCUT2D eigenvalue weighted by atomic mass is 10.2. The second-order valence-corrected chi connectivity index (χ2v) is 5.49. The summed E-state index contributed by atoms with van der Waals surface area (Å²) in [5, 5.41) is 12.1. The van der Waals surface area contributed by atoms with E-state index in [1.54, 1.807) is 12.3 Å². The van der Waals surface area contributed by atoms with Crippen molar-refractivity contribution in [2.75, 3.05) is 19.3 Å². The van der Waals surface area contributed by atoms with Crippen molar-refractivity contribution < 1.29 is 14.1 Å². The molecule has 0 aliphatic rings. The molecule has 0 radical (unpaired) electrons. The van der Waals surface area contributed by atoms with Gasteiger partial charge in [0, 0.05) is 34.4 Å². The van der Waals surface area contributed by atoms with Crippen LogP contribution >= 0.6 is 0 Å². The second-order valence-electron chi connectivity index (χ2n) is 3.69. The van der Waals surface area contributed by atoms with Crippen LogP contribution in [0.4, 0.5) is 0 Å². The summed E-state index contributed by atoms with van der Waals surface area (Å²) >= 11 is 0. The molecule has 0 spiro atoms. The zero-order valence-electron chi connectivity index (χ0n) is 10.2. The van der Waals surface area contributed by atoms with E-state index in [9.17, 15) is 9.00 Å². The third kappa shape index (κ3) is 6.74. The predicted molar refractivity (Wildman–Crippen MR) is 67.0 cm³/mol. The molecule has 0 heterocycles. The molecule has 0 saturated heterocycles. The molecule has 0 fully saturated rings. The van der Waals surface area contributed by atoms with E-state index in [0.29, 0.717) is 18.5 Å². The normalized spacial score (nSPS) is 15.8. The lowest BCUT2D eigenvalue weighted by Gasteiger charge is -2.08. The van der Waals surface area contributed by atoms with Gasteiger partial charge in [0.15, 0.2) is 0 Å². The number of carboxylic acid groups (broad SMARTS) is 1. The maximum atomic E-state index is 11.0. The fraction of sp³-hybridized carbons (Fsp3) is 0.727. The fourth-order valence-electron chi connectivity index (χ4n) is 1.15. The first kappa shape index (κ1) is 15.3. The van der Waals surface area contributed by atoms with Crippen LogP contribution in [-0.2, 0) is 15.6 Å². The molecule has 2 unspecified atom stereocenters. The minimum Gasteiger partial charge on any atom is -0.478 e. The summed E-state index contributed by atoms with van der Waals surface area (Å²) in [4.78, 5) is 10.7. The maximum Gasteiger partial charge on any atom is 0.331 e. The van der Waals surface area contributed by atoms with Gasteiger partial charge in [-0.3, -0.25) is 4.21 Å². The van der Waals surface area contributed by atoms with Crippen molar-refractivity contribution in [3.63, 3.8) is 0 Å². The molecule has 0 bridgehead atoms. The van der Waals surface area contributed by atoms with Crippen molar-refractivity contribution in [3.05, 3.63) is 11.6 Å². The summed E-state index contributed by atoms with van der Waals surface area (Å²) in [6.07, 6.45) is 4.76. The summed E-state index contributed by atoms with van der Waals surface area (Å²) in [6.45, 7) is 5.08. The van der Waals surface area contributed by atoms with Crippen LogP contribution in [0.15, 0.2) is 11.6 Å². The summed E-state index contributed by atoms with van der Waals surface area (Å²) in [5.41, 5.74) is 0.430. The quantitative estimate of drug-likeness (QED) is 0.499. The summed E-state index contributed by atoms with van der Waals surface area (Å²) in [7, 11) is -0.783. The molecular formula is C11H21NO3S. The van der Waals surface area contributed by atoms with Crippen molar-refractivity contribution in [1.82, 2.24) is 5.32 Å².